The van der Waals surface area contributed by atoms with Gasteiger partial charge >= 0.3 is 0 Å². The first kappa shape index (κ1) is 20.8. The number of allylic oxidation sites excluding steroid dienone is 1. The largest absolute Gasteiger partial charge is 0.461 e. The van der Waals surface area contributed by atoms with Crippen molar-refractivity contribution in [1.29, 1.82) is 0 Å². The number of hydrogen-bond acceptors (Lipinski definition) is 6. The van der Waals surface area contributed by atoms with Crippen molar-refractivity contribution in [3.8, 4) is 0 Å². The molecule has 3 aliphatic rings. The number of fused-ring (bicyclic) bond motifs is 1. The molecule has 0 aliphatic carbocycles. The molecule has 1 unspecified atom stereocenters. The molecule has 1 aromatic heterocycles. The Morgan fingerprint density at radius 3 is 2.78 bits per heavy atom. The van der Waals surface area contributed by atoms with Crippen LogP contribution in [0.2, 0.25) is 0 Å². The molecule has 0 radical (unpaired) electrons. The van der Waals surface area contributed by atoms with E-state index in [1.165, 1.54) is 0 Å². The summed E-state index contributed by atoms with van der Waals surface area (Å²) >= 11 is 0. The molecular formula is C22H22F3N6O+. The predicted molar refractivity (Wildman–Crippen MR) is 113 cm³/mol. The van der Waals surface area contributed by atoms with Crippen molar-refractivity contribution < 1.29 is 22.3 Å². The zero-order chi connectivity index (χ0) is 22.3. The molecule has 1 saturated heterocycles. The van der Waals surface area contributed by atoms with Gasteiger partial charge in [-0.1, -0.05) is 0 Å². The minimum atomic E-state index is -0.912. The summed E-state index contributed by atoms with van der Waals surface area (Å²) in [6, 6.07) is 5.10. The van der Waals surface area contributed by atoms with Gasteiger partial charge < -0.3 is 4.42 Å². The maximum Gasteiger partial charge on any atom is 0.300 e. The van der Waals surface area contributed by atoms with Crippen LogP contribution in [-0.4, -0.2) is 40.1 Å². The fourth-order valence-electron chi connectivity index (χ4n) is 4.35. The van der Waals surface area contributed by atoms with Crippen LogP contribution in [0.25, 0.3) is 0 Å². The second kappa shape index (κ2) is 8.12. The molecule has 2 N–H and O–H groups in total. The first-order valence-corrected chi connectivity index (χ1v) is 10.5. The Balaban J connectivity index is 1.26. The summed E-state index contributed by atoms with van der Waals surface area (Å²) in [5.74, 6) is 5.20. The first-order valence-electron chi connectivity index (χ1n) is 10.5. The molecule has 5 rings (SSSR count). The van der Waals surface area contributed by atoms with Crippen molar-refractivity contribution in [3.05, 3.63) is 71.2 Å². The normalized spacial score (nSPS) is 25.0. The fraction of sp³-hybridized carbons (Fsp3) is 0.318. The lowest BCUT2D eigenvalue weighted by Gasteiger charge is -2.25. The quantitative estimate of drug-likeness (QED) is 0.544. The van der Waals surface area contributed by atoms with Gasteiger partial charge in [0.15, 0.2) is 12.0 Å². The zero-order valence-electron chi connectivity index (χ0n) is 17.2. The molecule has 0 saturated carbocycles. The molecule has 7 nitrogen and oxygen atoms in total. The molecule has 0 amide bonds. The topological polar surface area (TPSA) is 79.5 Å². The summed E-state index contributed by atoms with van der Waals surface area (Å²) in [5, 5.41) is 4.45. The number of nitrogens with two attached hydrogens (primary N) is 1. The number of halogens is 3. The second-order valence-corrected chi connectivity index (χ2v) is 8.14. The van der Waals surface area contributed by atoms with E-state index in [0.717, 1.165) is 43.6 Å². The van der Waals surface area contributed by atoms with E-state index in [1.807, 2.05) is 4.90 Å². The molecule has 32 heavy (non-hydrogen) atoms. The Labute approximate surface area is 182 Å². The summed E-state index contributed by atoms with van der Waals surface area (Å²) in [6.45, 7) is 0.836. The van der Waals surface area contributed by atoms with Crippen LogP contribution in [-0.2, 0) is 6.54 Å². The molecule has 1 aromatic carbocycles. The molecule has 0 bridgehead atoms. The van der Waals surface area contributed by atoms with Gasteiger partial charge in [-0.3, -0.25) is 4.90 Å². The predicted octanol–water partition coefficient (Wildman–Crippen LogP) is 3.83. The number of rotatable bonds is 6. The van der Waals surface area contributed by atoms with Crippen molar-refractivity contribution in [2.75, 3.05) is 6.54 Å². The van der Waals surface area contributed by atoms with Gasteiger partial charge in [-0.25, -0.2) is 18.2 Å². The molecule has 0 spiro atoms. The number of aliphatic imine (C=N–C) groups is 2. The van der Waals surface area contributed by atoms with Crippen LogP contribution in [0.3, 0.4) is 0 Å². The maximum absolute atomic E-state index is 14.1. The van der Waals surface area contributed by atoms with Gasteiger partial charge in [0.1, 0.15) is 23.7 Å². The third-order valence-corrected chi connectivity index (χ3v) is 5.98. The van der Waals surface area contributed by atoms with Crippen molar-refractivity contribution in [3.63, 3.8) is 0 Å². The lowest BCUT2D eigenvalue weighted by molar-refractivity contribution is -0.803. The first-order chi connectivity index (χ1) is 15.4. The third kappa shape index (κ3) is 3.92. The molecule has 4 heterocycles. The lowest BCUT2D eigenvalue weighted by Crippen LogP contribution is -2.50. The van der Waals surface area contributed by atoms with Crippen molar-refractivity contribution in [2.45, 2.75) is 38.3 Å². The van der Waals surface area contributed by atoms with Crippen LogP contribution >= 0.6 is 0 Å². The molecule has 10 heteroatoms. The lowest BCUT2D eigenvalue weighted by atomic mass is 10.1. The number of hydrogen-bond donors (Lipinski definition) is 1. The smallest absolute Gasteiger partial charge is 0.300 e. The number of likely N-dealkylation sites (tertiary alicyclic amines) is 1. The molecule has 3 aliphatic heterocycles. The Morgan fingerprint density at radius 1 is 1.22 bits per heavy atom. The summed E-state index contributed by atoms with van der Waals surface area (Å²) in [7, 11) is 0. The van der Waals surface area contributed by atoms with Crippen LogP contribution in [0.1, 0.15) is 37.0 Å². The van der Waals surface area contributed by atoms with Crippen LogP contribution in [0.5, 0.6) is 0 Å². The SMILES string of the molecule is N[N@@+]12C=C(CCC3CCCN3Cc3c(F)cc(F)cc3F)N=CC1=NC(c1ccco1)=N2. The van der Waals surface area contributed by atoms with E-state index in [-0.39, 0.29) is 22.9 Å². The highest BCUT2D eigenvalue weighted by Gasteiger charge is 2.40. The van der Waals surface area contributed by atoms with E-state index in [9.17, 15) is 13.2 Å². The molecule has 2 atom stereocenters. The summed E-state index contributed by atoms with van der Waals surface area (Å²) < 4.78 is 46.4. The highest BCUT2D eigenvalue weighted by Crippen LogP contribution is 2.29. The monoisotopic (exact) mass is 443 g/mol. The Kier molecular flexibility index (Phi) is 5.28. The highest BCUT2D eigenvalue weighted by molar-refractivity contribution is 6.31. The minimum absolute atomic E-state index is 0.0996. The molecular weight excluding hydrogens is 421 g/mol. The summed E-state index contributed by atoms with van der Waals surface area (Å²) in [5.41, 5.74) is 0.666. The third-order valence-electron chi connectivity index (χ3n) is 5.98. The van der Waals surface area contributed by atoms with Crippen molar-refractivity contribution in [2.24, 2.45) is 20.9 Å². The minimum Gasteiger partial charge on any atom is -0.461 e. The average molecular weight is 443 g/mol. The number of benzene rings is 1. The van der Waals surface area contributed by atoms with Crippen LogP contribution in [0.15, 0.2) is 61.9 Å². The summed E-state index contributed by atoms with van der Waals surface area (Å²) in [6.07, 6.45) is 8.11. The summed E-state index contributed by atoms with van der Waals surface area (Å²) in [4.78, 5) is 10.9. The number of nitrogens with zero attached hydrogens (tertiary/aromatic N) is 5. The van der Waals surface area contributed by atoms with E-state index in [1.54, 1.807) is 30.8 Å². The van der Waals surface area contributed by atoms with E-state index in [0.29, 0.717) is 23.9 Å². The average Bonchev–Trinajstić information content (AvgIpc) is 3.47. The Hall–Kier alpha value is -3.08. The van der Waals surface area contributed by atoms with Gasteiger partial charge in [0.2, 0.25) is 0 Å². The van der Waals surface area contributed by atoms with Crippen LogP contribution in [0, 0.1) is 17.5 Å². The van der Waals surface area contributed by atoms with Crippen molar-refractivity contribution in [1.82, 2.24) is 4.90 Å². The second-order valence-electron chi connectivity index (χ2n) is 8.14. The van der Waals surface area contributed by atoms with E-state index >= 15 is 0 Å². The van der Waals surface area contributed by atoms with Gasteiger partial charge in [0.25, 0.3) is 11.7 Å². The molecule has 166 valence electrons. The van der Waals surface area contributed by atoms with Crippen molar-refractivity contribution >= 4 is 17.9 Å². The maximum atomic E-state index is 14.1. The van der Waals surface area contributed by atoms with E-state index < -0.39 is 17.5 Å². The molecule has 2 aromatic rings. The fourth-order valence-corrected chi connectivity index (χ4v) is 4.35. The van der Waals surface area contributed by atoms with Crippen LogP contribution < -0.4 is 5.84 Å². The molecule has 1 fully saturated rings. The number of amidine groups is 2. The standard InChI is InChI=1S/C22H22F3N6O/c23-14-9-18(24)17(19(25)10-14)12-30-7-1-3-16(30)6-5-15-13-31(26)21(11-27-15)28-22(29-31)20-4-2-8-32-20/h2,4,8-11,13,16H,1,3,5-7,12,26H2/q+1/t16?,31-/m1/s1. The number of furan rings is 1. The Bertz CT molecular complexity index is 1130. The van der Waals surface area contributed by atoms with Gasteiger partial charge in [-0.15, -0.1) is 5.84 Å². The highest BCUT2D eigenvalue weighted by atomic mass is 19.1. The van der Waals surface area contributed by atoms with Gasteiger partial charge in [-0.05, 0) is 54.2 Å². The van der Waals surface area contributed by atoms with Gasteiger partial charge in [0.05, 0.1) is 12.0 Å². The van der Waals surface area contributed by atoms with E-state index in [4.69, 9.17) is 10.3 Å². The van der Waals surface area contributed by atoms with Crippen LogP contribution in [0.4, 0.5) is 13.2 Å². The Morgan fingerprint density at radius 2 is 2.03 bits per heavy atom. The van der Waals surface area contributed by atoms with Gasteiger partial charge in [-0.2, -0.15) is 4.99 Å². The zero-order valence-corrected chi connectivity index (χ0v) is 17.2. The van der Waals surface area contributed by atoms with E-state index in [2.05, 4.69) is 15.1 Å². The van der Waals surface area contributed by atoms with Gasteiger partial charge in [0, 0.05) is 30.3 Å². The number of quaternary nitrogens is 1.